The zero-order chi connectivity index (χ0) is 27.0. The first-order valence-corrected chi connectivity index (χ1v) is 15.2. The topological polar surface area (TPSA) is 87.2 Å². The van der Waals surface area contributed by atoms with Crippen molar-refractivity contribution in [2.75, 3.05) is 42.1 Å². The van der Waals surface area contributed by atoms with E-state index in [2.05, 4.69) is 6.07 Å². The van der Waals surface area contributed by atoms with Crippen LogP contribution < -0.4 is 9.21 Å². The fourth-order valence-corrected chi connectivity index (χ4v) is 6.30. The maximum absolute atomic E-state index is 13.5. The maximum atomic E-state index is 13.5. The van der Waals surface area contributed by atoms with Gasteiger partial charge in [0.2, 0.25) is 10.0 Å². The van der Waals surface area contributed by atoms with Gasteiger partial charge in [0, 0.05) is 42.5 Å². The molecule has 0 radical (unpaired) electrons. The minimum atomic E-state index is -3.50. The van der Waals surface area contributed by atoms with Crippen molar-refractivity contribution in [2.24, 2.45) is 0 Å². The molecule has 0 N–H and O–H groups in total. The number of anilines is 2. The lowest BCUT2D eigenvalue weighted by atomic mass is 10.1. The third-order valence-corrected chi connectivity index (χ3v) is 9.08. The molecule has 0 saturated carbocycles. The van der Waals surface area contributed by atoms with Gasteiger partial charge in [0.25, 0.3) is 5.91 Å². The van der Waals surface area contributed by atoms with Gasteiger partial charge >= 0.3 is 6.09 Å². The van der Waals surface area contributed by atoms with Gasteiger partial charge in [-0.1, -0.05) is 12.1 Å². The standard InChI is InChI=1S/C27H35N3O5S2/c1-27(2,3)35-26(32)29-15-13-20(14-16-29)36-21-10-11-23-19(18-21)12-17-30(23)25(31)22-8-6-7-9-24(22)28(4)37(5,33)34/h6-11,18,20H,12-17H2,1-5H3. The Morgan fingerprint density at radius 2 is 1.73 bits per heavy atom. The number of amides is 2. The van der Waals surface area contributed by atoms with Gasteiger partial charge in [0.15, 0.2) is 0 Å². The molecule has 2 aliphatic heterocycles. The summed E-state index contributed by atoms with van der Waals surface area (Å²) in [4.78, 5) is 30.5. The summed E-state index contributed by atoms with van der Waals surface area (Å²) in [6.07, 6.45) is 3.42. The van der Waals surface area contributed by atoms with Crippen LogP contribution in [-0.4, -0.2) is 69.1 Å². The number of rotatable bonds is 5. The average molecular weight is 546 g/mol. The van der Waals surface area contributed by atoms with Crippen LogP contribution in [0.15, 0.2) is 47.4 Å². The van der Waals surface area contributed by atoms with Crippen LogP contribution in [0.25, 0.3) is 0 Å². The van der Waals surface area contributed by atoms with Gasteiger partial charge in [-0.2, -0.15) is 0 Å². The Kier molecular flexibility index (Phi) is 7.80. The van der Waals surface area contributed by atoms with Crippen molar-refractivity contribution in [3.63, 3.8) is 0 Å². The minimum absolute atomic E-state index is 0.209. The number of thioether (sulfide) groups is 1. The van der Waals surface area contributed by atoms with Crippen molar-refractivity contribution in [3.05, 3.63) is 53.6 Å². The Hall–Kier alpha value is -2.72. The first-order valence-electron chi connectivity index (χ1n) is 12.5. The summed E-state index contributed by atoms with van der Waals surface area (Å²) < 4.78 is 30.9. The van der Waals surface area contributed by atoms with Crippen molar-refractivity contribution in [2.45, 2.75) is 55.8 Å². The van der Waals surface area contributed by atoms with E-state index in [1.54, 1.807) is 34.1 Å². The molecule has 1 saturated heterocycles. The second-order valence-electron chi connectivity index (χ2n) is 10.5. The number of benzene rings is 2. The SMILES string of the molecule is CN(c1ccccc1C(=O)N1CCc2cc(SC3CCN(C(=O)OC(C)(C)C)CC3)ccc21)S(C)(=O)=O. The van der Waals surface area contributed by atoms with Crippen molar-refractivity contribution < 1.29 is 22.7 Å². The third-order valence-electron chi connectivity index (χ3n) is 6.56. The lowest BCUT2D eigenvalue weighted by Crippen LogP contribution is -2.42. The fraction of sp³-hybridized carbons (Fsp3) is 0.481. The normalized spacial score (nSPS) is 16.5. The molecule has 2 heterocycles. The molecule has 1 fully saturated rings. The van der Waals surface area contributed by atoms with E-state index < -0.39 is 15.6 Å². The fourth-order valence-electron chi connectivity index (χ4n) is 4.59. The van der Waals surface area contributed by atoms with E-state index in [9.17, 15) is 18.0 Å². The molecule has 37 heavy (non-hydrogen) atoms. The number of piperidine rings is 1. The molecule has 2 aromatic carbocycles. The van der Waals surface area contributed by atoms with Crippen LogP contribution >= 0.6 is 11.8 Å². The number of para-hydroxylation sites is 1. The number of carbonyl (C=O) groups excluding carboxylic acids is 2. The Morgan fingerprint density at radius 3 is 2.38 bits per heavy atom. The summed E-state index contributed by atoms with van der Waals surface area (Å²) in [5.41, 5.74) is 2.21. The molecular weight excluding hydrogens is 510 g/mol. The van der Waals surface area contributed by atoms with Crippen molar-refractivity contribution in [1.82, 2.24) is 4.90 Å². The van der Waals surface area contributed by atoms with Crippen LogP contribution in [0.5, 0.6) is 0 Å². The van der Waals surface area contributed by atoms with Gasteiger partial charge < -0.3 is 14.5 Å². The Balaban J connectivity index is 1.42. The van der Waals surface area contributed by atoms with Crippen LogP contribution in [0, 0.1) is 0 Å². The van der Waals surface area contributed by atoms with E-state index in [-0.39, 0.29) is 12.0 Å². The number of sulfonamides is 1. The summed E-state index contributed by atoms with van der Waals surface area (Å²) in [6, 6.07) is 13.0. The first kappa shape index (κ1) is 27.3. The Bertz CT molecular complexity index is 1280. The first-order chi connectivity index (χ1) is 17.3. The molecule has 8 nitrogen and oxygen atoms in total. The van der Waals surface area contributed by atoms with Crippen LogP contribution in [-0.2, 0) is 21.2 Å². The van der Waals surface area contributed by atoms with Crippen LogP contribution in [0.3, 0.4) is 0 Å². The number of hydrogen-bond donors (Lipinski definition) is 0. The quantitative estimate of drug-likeness (QED) is 0.538. The highest BCUT2D eigenvalue weighted by Gasteiger charge is 2.30. The number of hydrogen-bond acceptors (Lipinski definition) is 6. The Labute approximate surface area is 224 Å². The molecule has 0 aromatic heterocycles. The molecule has 0 spiro atoms. The van der Waals surface area contributed by atoms with E-state index in [4.69, 9.17) is 4.74 Å². The van der Waals surface area contributed by atoms with Crippen molar-refractivity contribution >= 4 is 45.2 Å². The number of fused-ring (bicyclic) bond motifs is 1. The molecule has 200 valence electrons. The smallest absolute Gasteiger partial charge is 0.410 e. The second-order valence-corrected chi connectivity index (χ2v) is 13.9. The van der Waals surface area contributed by atoms with E-state index in [0.29, 0.717) is 36.1 Å². The summed E-state index contributed by atoms with van der Waals surface area (Å²) in [6.45, 7) is 7.55. The largest absolute Gasteiger partial charge is 0.444 e. The lowest BCUT2D eigenvalue weighted by Gasteiger charge is -2.33. The molecule has 2 aliphatic rings. The van der Waals surface area contributed by atoms with E-state index in [1.807, 2.05) is 44.7 Å². The molecule has 0 unspecified atom stereocenters. The van der Waals surface area contributed by atoms with Crippen LogP contribution in [0.2, 0.25) is 0 Å². The van der Waals surface area contributed by atoms with Gasteiger partial charge in [-0.05, 0) is 75.9 Å². The Morgan fingerprint density at radius 1 is 1.05 bits per heavy atom. The monoisotopic (exact) mass is 545 g/mol. The summed E-state index contributed by atoms with van der Waals surface area (Å²) in [7, 11) is -2.04. The van der Waals surface area contributed by atoms with Gasteiger partial charge in [-0.15, -0.1) is 11.8 Å². The van der Waals surface area contributed by atoms with Gasteiger partial charge in [-0.3, -0.25) is 9.10 Å². The number of ether oxygens (including phenoxy) is 1. The molecule has 4 rings (SSSR count). The molecule has 0 bridgehead atoms. The molecule has 10 heteroatoms. The number of likely N-dealkylation sites (tertiary alicyclic amines) is 1. The summed E-state index contributed by atoms with van der Waals surface area (Å²) >= 11 is 1.82. The van der Waals surface area contributed by atoms with Crippen LogP contribution in [0.4, 0.5) is 16.2 Å². The van der Waals surface area contributed by atoms with Crippen molar-refractivity contribution in [1.29, 1.82) is 0 Å². The number of carbonyl (C=O) groups is 2. The van der Waals surface area contributed by atoms with E-state index in [1.165, 1.54) is 7.05 Å². The summed E-state index contributed by atoms with van der Waals surface area (Å²) in [5, 5.41) is 0.411. The molecule has 2 aromatic rings. The second kappa shape index (κ2) is 10.6. The number of nitrogens with zero attached hydrogens (tertiary/aromatic N) is 3. The van der Waals surface area contributed by atoms with Crippen molar-refractivity contribution in [3.8, 4) is 0 Å². The van der Waals surface area contributed by atoms with Gasteiger partial charge in [0.05, 0.1) is 17.5 Å². The molecular formula is C27H35N3O5S2. The van der Waals surface area contributed by atoms with E-state index in [0.717, 1.165) is 46.0 Å². The highest BCUT2D eigenvalue weighted by molar-refractivity contribution is 8.00. The highest BCUT2D eigenvalue weighted by atomic mass is 32.2. The highest BCUT2D eigenvalue weighted by Crippen LogP contribution is 2.37. The summed E-state index contributed by atoms with van der Waals surface area (Å²) in [5.74, 6) is -0.209. The van der Waals surface area contributed by atoms with Gasteiger partial charge in [-0.25, -0.2) is 13.2 Å². The maximum Gasteiger partial charge on any atom is 0.410 e. The van der Waals surface area contributed by atoms with Gasteiger partial charge in [0.1, 0.15) is 5.60 Å². The molecule has 2 amide bonds. The van der Waals surface area contributed by atoms with E-state index >= 15 is 0 Å². The third kappa shape index (κ3) is 6.41. The predicted molar refractivity (Wildman–Crippen MR) is 148 cm³/mol. The molecule has 0 aliphatic carbocycles. The van der Waals surface area contributed by atoms with Crippen LogP contribution in [0.1, 0.15) is 49.5 Å². The lowest BCUT2D eigenvalue weighted by molar-refractivity contribution is 0.0219. The zero-order valence-corrected chi connectivity index (χ0v) is 23.7. The molecule has 0 atom stereocenters. The predicted octanol–water partition coefficient (Wildman–Crippen LogP) is 4.78. The zero-order valence-electron chi connectivity index (χ0n) is 22.1. The average Bonchev–Trinajstić information content (AvgIpc) is 3.25. The minimum Gasteiger partial charge on any atom is -0.444 e.